The van der Waals surface area contributed by atoms with Crippen LogP contribution in [0.4, 0.5) is 17.5 Å². The Hall–Kier alpha value is -3.53. The van der Waals surface area contributed by atoms with E-state index in [1.54, 1.807) is 29.8 Å². The van der Waals surface area contributed by atoms with Gasteiger partial charge in [0.1, 0.15) is 6.20 Å². The van der Waals surface area contributed by atoms with Gasteiger partial charge in [0.2, 0.25) is 0 Å². The van der Waals surface area contributed by atoms with Gasteiger partial charge < -0.3 is 16.3 Å². The largest absolute Gasteiger partial charge is 0.711 e. The van der Waals surface area contributed by atoms with E-state index in [0.29, 0.717) is 40.1 Å². The molecular weight excluding hydrogens is 410 g/mol. The predicted molar refractivity (Wildman–Crippen MR) is 122 cm³/mol. The number of hydrogen-bond donors (Lipinski definition) is 3. The average Bonchev–Trinajstić information content (AvgIpc) is 3.28. The van der Waals surface area contributed by atoms with Crippen LogP contribution in [0.1, 0.15) is 54.6 Å². The van der Waals surface area contributed by atoms with Gasteiger partial charge >= 0.3 is 5.95 Å². The molecule has 0 saturated heterocycles. The number of aryl methyl sites for hydroxylation is 1. The maximum absolute atomic E-state index is 13.3. The predicted octanol–water partition coefficient (Wildman–Crippen LogP) is 2.17. The summed E-state index contributed by atoms with van der Waals surface area (Å²) in [5.74, 6) is 0.180. The number of carbonyl (C=O) groups is 1. The number of aromatic nitrogens is 4. The molecule has 0 spiro atoms. The molecule has 3 aromatic rings. The quantitative estimate of drug-likeness (QED) is 0.290. The van der Waals surface area contributed by atoms with Crippen LogP contribution >= 0.6 is 0 Å². The first-order chi connectivity index (χ1) is 15.4. The molecule has 0 bridgehead atoms. The van der Waals surface area contributed by atoms with Gasteiger partial charge in [0.05, 0.1) is 11.3 Å². The third kappa shape index (κ3) is 4.01. The number of rotatable bonds is 7. The maximum atomic E-state index is 13.3. The Morgan fingerprint density at radius 1 is 1.34 bits per heavy atom. The minimum absolute atomic E-state index is 0.0104. The molecular formula is C22H27N7O3. The standard InChI is InChI=1S/C22H27N7O3/c1-13-17-11-25-22(26-18-8-7-15(12-28(18)32)24-10-9-23)27-20(17)29(16-5-3-4-6-16)21(31)19(13)14(2)30/h7-8,11-12,16,24H,3-6,9-10,23H2,1-2H3,(H,25,26,27). The summed E-state index contributed by atoms with van der Waals surface area (Å²) in [6, 6.07) is 3.36. The monoisotopic (exact) mass is 437 g/mol. The highest BCUT2D eigenvalue weighted by Crippen LogP contribution is 2.32. The molecule has 0 radical (unpaired) electrons. The van der Waals surface area contributed by atoms with Crippen molar-refractivity contribution in [1.29, 1.82) is 0 Å². The summed E-state index contributed by atoms with van der Waals surface area (Å²) in [7, 11) is 0. The number of Topliss-reactive ketones (excluding diaryl/α,β-unsaturated/α-hetero) is 1. The topological polar surface area (TPSA) is 142 Å². The van der Waals surface area contributed by atoms with E-state index < -0.39 is 0 Å². The van der Waals surface area contributed by atoms with Crippen molar-refractivity contribution in [2.24, 2.45) is 5.73 Å². The van der Waals surface area contributed by atoms with Crippen LogP contribution in [0.2, 0.25) is 0 Å². The lowest BCUT2D eigenvalue weighted by atomic mass is 10.0. The second-order valence-electron chi connectivity index (χ2n) is 8.07. The van der Waals surface area contributed by atoms with Crippen LogP contribution in [0.5, 0.6) is 0 Å². The van der Waals surface area contributed by atoms with Crippen LogP contribution in [-0.4, -0.2) is 33.4 Å². The third-order valence-corrected chi connectivity index (χ3v) is 5.88. The van der Waals surface area contributed by atoms with Gasteiger partial charge in [0.15, 0.2) is 11.4 Å². The molecule has 3 heterocycles. The highest BCUT2D eigenvalue weighted by molar-refractivity contribution is 5.99. The normalized spacial score (nSPS) is 14.1. The van der Waals surface area contributed by atoms with Crippen molar-refractivity contribution in [2.75, 3.05) is 23.7 Å². The highest BCUT2D eigenvalue weighted by atomic mass is 16.5. The summed E-state index contributed by atoms with van der Waals surface area (Å²) in [4.78, 5) is 34.4. The first kappa shape index (κ1) is 21.7. The summed E-state index contributed by atoms with van der Waals surface area (Å²) >= 11 is 0. The molecule has 0 aliphatic heterocycles. The van der Waals surface area contributed by atoms with E-state index >= 15 is 0 Å². The molecule has 1 aliphatic carbocycles. The van der Waals surface area contributed by atoms with Crippen molar-refractivity contribution in [3.05, 3.63) is 51.2 Å². The zero-order valence-corrected chi connectivity index (χ0v) is 18.2. The summed E-state index contributed by atoms with van der Waals surface area (Å²) in [6.45, 7) is 4.16. The molecule has 32 heavy (non-hydrogen) atoms. The number of carbonyl (C=O) groups excluding carboxylic acids is 1. The van der Waals surface area contributed by atoms with Crippen LogP contribution in [0, 0.1) is 12.1 Å². The minimum atomic E-state index is -0.312. The lowest BCUT2D eigenvalue weighted by molar-refractivity contribution is -0.589. The van der Waals surface area contributed by atoms with Gasteiger partial charge in [-0.15, -0.1) is 0 Å². The Morgan fingerprint density at radius 2 is 2.09 bits per heavy atom. The molecule has 10 heteroatoms. The van der Waals surface area contributed by atoms with Crippen molar-refractivity contribution >= 4 is 34.3 Å². The molecule has 168 valence electrons. The first-order valence-corrected chi connectivity index (χ1v) is 10.8. The lowest BCUT2D eigenvalue weighted by Crippen LogP contribution is -2.31. The van der Waals surface area contributed by atoms with Gasteiger partial charge in [-0.1, -0.05) is 12.8 Å². The van der Waals surface area contributed by atoms with E-state index in [4.69, 9.17) is 5.73 Å². The van der Waals surface area contributed by atoms with E-state index in [9.17, 15) is 14.8 Å². The summed E-state index contributed by atoms with van der Waals surface area (Å²) in [5.41, 5.74) is 7.05. The summed E-state index contributed by atoms with van der Waals surface area (Å²) in [5, 5.41) is 19.0. The summed E-state index contributed by atoms with van der Waals surface area (Å²) in [6.07, 6.45) is 6.78. The number of nitrogens with two attached hydrogens (primary N) is 1. The van der Waals surface area contributed by atoms with Crippen LogP contribution in [0.25, 0.3) is 11.0 Å². The van der Waals surface area contributed by atoms with Crippen LogP contribution < -0.4 is 26.7 Å². The average molecular weight is 438 g/mol. The van der Waals surface area contributed by atoms with Crippen LogP contribution in [-0.2, 0) is 0 Å². The number of pyridine rings is 2. The van der Waals surface area contributed by atoms with Gasteiger partial charge in [0.25, 0.3) is 11.4 Å². The van der Waals surface area contributed by atoms with Gasteiger partial charge in [-0.05, 0) is 38.3 Å². The fraction of sp³-hybridized carbons (Fsp3) is 0.409. The molecule has 0 aromatic carbocycles. The Morgan fingerprint density at radius 3 is 2.75 bits per heavy atom. The van der Waals surface area contributed by atoms with Crippen molar-refractivity contribution in [3.8, 4) is 0 Å². The van der Waals surface area contributed by atoms with E-state index in [1.807, 2.05) is 0 Å². The second-order valence-corrected chi connectivity index (χ2v) is 8.07. The minimum Gasteiger partial charge on any atom is -0.711 e. The lowest BCUT2D eigenvalue weighted by Gasteiger charge is -2.19. The molecule has 10 nitrogen and oxygen atoms in total. The number of nitrogens with one attached hydrogen (secondary N) is 2. The van der Waals surface area contributed by atoms with Gasteiger partial charge in [-0.25, -0.2) is 10.0 Å². The molecule has 1 saturated carbocycles. The number of nitrogens with zero attached hydrogens (tertiary/aromatic N) is 4. The number of anilines is 3. The van der Waals surface area contributed by atoms with Gasteiger partial charge in [-0.3, -0.25) is 14.2 Å². The van der Waals surface area contributed by atoms with E-state index in [0.717, 1.165) is 25.7 Å². The molecule has 3 aromatic heterocycles. The van der Waals surface area contributed by atoms with Crippen molar-refractivity contribution < 1.29 is 9.52 Å². The van der Waals surface area contributed by atoms with Crippen LogP contribution in [0.15, 0.2) is 29.3 Å². The van der Waals surface area contributed by atoms with Crippen LogP contribution in [0.3, 0.4) is 0 Å². The molecule has 0 unspecified atom stereocenters. The Kier molecular flexibility index (Phi) is 6.04. The molecule has 1 fully saturated rings. The molecule has 4 rings (SSSR count). The van der Waals surface area contributed by atoms with Crippen molar-refractivity contribution in [3.63, 3.8) is 0 Å². The van der Waals surface area contributed by atoms with E-state index in [1.165, 1.54) is 13.1 Å². The summed E-state index contributed by atoms with van der Waals surface area (Å²) < 4.78 is 2.32. The van der Waals surface area contributed by atoms with E-state index in [2.05, 4.69) is 20.6 Å². The van der Waals surface area contributed by atoms with Gasteiger partial charge in [0, 0.05) is 36.8 Å². The maximum Gasteiger partial charge on any atom is 0.320 e. The fourth-order valence-corrected chi connectivity index (χ4v) is 4.32. The Labute approximate surface area is 185 Å². The highest BCUT2D eigenvalue weighted by Gasteiger charge is 2.26. The third-order valence-electron chi connectivity index (χ3n) is 5.88. The van der Waals surface area contributed by atoms with E-state index in [-0.39, 0.29) is 34.7 Å². The smallest absolute Gasteiger partial charge is 0.320 e. The molecule has 1 aliphatic rings. The van der Waals surface area contributed by atoms with Gasteiger partial charge in [-0.2, -0.15) is 9.97 Å². The fourth-order valence-electron chi connectivity index (χ4n) is 4.32. The number of fused-ring (bicyclic) bond motifs is 1. The zero-order valence-electron chi connectivity index (χ0n) is 18.2. The molecule has 0 amide bonds. The first-order valence-electron chi connectivity index (χ1n) is 10.8. The SMILES string of the molecule is CC(=O)c1c(C)c2cnc(Nc3ccc(NCCN)c[n+]3[O-])nc2n(C2CCCC2)c1=O. The second kappa shape index (κ2) is 8.91. The Bertz CT molecular complexity index is 1230. The number of hydrogen-bond acceptors (Lipinski definition) is 8. The van der Waals surface area contributed by atoms with Crippen molar-refractivity contribution in [1.82, 2.24) is 14.5 Å². The molecule has 4 N–H and O–H groups in total. The Balaban J connectivity index is 1.78. The zero-order chi connectivity index (χ0) is 22.8. The van der Waals surface area contributed by atoms with Crippen molar-refractivity contribution in [2.45, 2.75) is 45.6 Å². The number of ketones is 1. The molecule has 0 atom stereocenters.